The summed E-state index contributed by atoms with van der Waals surface area (Å²) in [5.41, 5.74) is 3.28. The van der Waals surface area contributed by atoms with Crippen LogP contribution in [0.15, 0.2) is 53.1 Å². The van der Waals surface area contributed by atoms with E-state index in [-0.39, 0.29) is 0 Å². The van der Waals surface area contributed by atoms with Crippen LogP contribution < -0.4 is 5.32 Å². The molecule has 1 amide bonds. The normalized spacial score (nSPS) is 14.9. The summed E-state index contributed by atoms with van der Waals surface area (Å²) in [6, 6.07) is 15.5. The zero-order valence-corrected chi connectivity index (χ0v) is 19.3. The molecule has 7 heteroatoms. The van der Waals surface area contributed by atoms with Crippen molar-refractivity contribution in [3.05, 3.63) is 59.8 Å². The number of anilines is 1. The van der Waals surface area contributed by atoms with Gasteiger partial charge in [-0.1, -0.05) is 60.1 Å². The molecule has 4 rings (SSSR count). The molecule has 33 heavy (non-hydrogen) atoms. The molecule has 0 aliphatic heterocycles. The van der Waals surface area contributed by atoms with Gasteiger partial charge in [0, 0.05) is 5.56 Å². The number of rotatable bonds is 5. The molecule has 1 aliphatic rings. The highest BCUT2D eigenvalue weighted by molar-refractivity contribution is 5.91. The van der Waals surface area contributed by atoms with Gasteiger partial charge in [0.25, 0.3) is 0 Å². The lowest BCUT2D eigenvalue weighted by atomic mass is 9.64. The Labute approximate surface area is 192 Å². The van der Waals surface area contributed by atoms with Crippen LogP contribution in [0.25, 0.3) is 22.5 Å². The van der Waals surface area contributed by atoms with Gasteiger partial charge in [0.05, 0.1) is 5.41 Å². The van der Waals surface area contributed by atoms with Gasteiger partial charge in [0.2, 0.25) is 0 Å². The molecule has 172 valence electrons. The smallest absolute Gasteiger partial charge is 0.412 e. The third-order valence-electron chi connectivity index (χ3n) is 6.02. The van der Waals surface area contributed by atoms with Crippen LogP contribution in [0.4, 0.5) is 10.5 Å². The molecule has 2 aromatic carbocycles. The molecule has 0 saturated heterocycles. The number of aryl methyl sites for hydroxylation is 1. The highest BCUT2D eigenvalue weighted by Crippen LogP contribution is 2.44. The van der Waals surface area contributed by atoms with Crippen LogP contribution in [0.2, 0.25) is 0 Å². The molecule has 1 saturated carbocycles. The van der Waals surface area contributed by atoms with E-state index in [0.717, 1.165) is 28.7 Å². The van der Waals surface area contributed by atoms with Gasteiger partial charge in [-0.2, -0.15) is 0 Å². The number of nitrogens with zero attached hydrogens (tertiary/aromatic N) is 1. The molecule has 2 N–H and O–H groups in total. The summed E-state index contributed by atoms with van der Waals surface area (Å²) in [6.45, 7) is 7.15. The number of carbonyl (C=O) groups excluding carboxylic acids is 1. The Balaban J connectivity index is 1.54. The minimum Gasteiger partial charge on any atom is -0.481 e. The highest BCUT2D eigenvalue weighted by atomic mass is 16.6. The van der Waals surface area contributed by atoms with Crippen LogP contribution in [-0.4, -0.2) is 27.9 Å². The van der Waals surface area contributed by atoms with Gasteiger partial charge in [-0.3, -0.25) is 10.1 Å². The maximum Gasteiger partial charge on any atom is 0.412 e. The van der Waals surface area contributed by atoms with E-state index in [1.165, 1.54) is 0 Å². The van der Waals surface area contributed by atoms with Crippen molar-refractivity contribution in [1.82, 2.24) is 5.16 Å². The third kappa shape index (κ3) is 4.49. The lowest BCUT2D eigenvalue weighted by Crippen LogP contribution is -2.42. The van der Waals surface area contributed by atoms with Gasteiger partial charge in [-0.15, -0.1) is 0 Å². The molecule has 1 fully saturated rings. The summed E-state index contributed by atoms with van der Waals surface area (Å²) in [4.78, 5) is 24.0. The van der Waals surface area contributed by atoms with Gasteiger partial charge in [-0.05, 0) is 57.2 Å². The van der Waals surface area contributed by atoms with Gasteiger partial charge in [-0.25, -0.2) is 4.79 Å². The average molecular weight is 449 g/mol. The molecular weight excluding hydrogens is 420 g/mol. The second-order valence-electron chi connectivity index (χ2n) is 9.49. The SMILES string of the molecule is Cc1noc(-c2ccc(-c3ccc(C4(C(=O)O)CCC4)cc3)cc2)c1NC(=O)OC(C)(C)C. The molecular formula is C26H28N2O5. The zero-order chi connectivity index (χ0) is 23.8. The van der Waals surface area contributed by atoms with E-state index >= 15 is 0 Å². The maximum absolute atomic E-state index is 12.2. The number of hydrogen-bond donors (Lipinski definition) is 2. The Morgan fingerprint density at radius 2 is 1.55 bits per heavy atom. The van der Waals surface area contributed by atoms with Gasteiger partial charge < -0.3 is 14.4 Å². The number of carboxylic acid groups (broad SMARTS) is 1. The number of carboxylic acids is 1. The van der Waals surface area contributed by atoms with Crippen LogP contribution in [-0.2, 0) is 14.9 Å². The van der Waals surface area contributed by atoms with Crippen molar-refractivity contribution in [2.24, 2.45) is 0 Å². The summed E-state index contributed by atoms with van der Waals surface area (Å²) in [6.07, 6.45) is 1.75. The Bertz CT molecular complexity index is 1170. The number of aliphatic carboxylic acids is 1. The molecule has 1 heterocycles. The van der Waals surface area contributed by atoms with Crippen LogP contribution in [0, 0.1) is 6.92 Å². The summed E-state index contributed by atoms with van der Waals surface area (Å²) >= 11 is 0. The number of hydrogen-bond acceptors (Lipinski definition) is 5. The molecule has 0 spiro atoms. The predicted octanol–water partition coefficient (Wildman–Crippen LogP) is 6.17. The first-order chi connectivity index (χ1) is 15.6. The fraction of sp³-hybridized carbons (Fsp3) is 0.346. The second kappa shape index (κ2) is 8.39. The first-order valence-corrected chi connectivity index (χ1v) is 11.0. The Hall–Kier alpha value is -3.61. The quantitative estimate of drug-likeness (QED) is 0.484. The standard InChI is InChI=1S/C26H28N2O5/c1-16-21(27-24(31)32-25(2,3)4)22(33-28-16)19-8-6-17(7-9-19)18-10-12-20(13-11-18)26(23(29)30)14-5-15-26/h6-13H,5,14-15H2,1-4H3,(H,27,31)(H,29,30). The van der Waals surface area contributed by atoms with E-state index in [2.05, 4.69) is 10.5 Å². The highest BCUT2D eigenvalue weighted by Gasteiger charge is 2.45. The monoisotopic (exact) mass is 448 g/mol. The number of carbonyl (C=O) groups is 2. The van der Waals surface area contributed by atoms with Gasteiger partial charge in [0.1, 0.15) is 17.0 Å². The molecule has 7 nitrogen and oxygen atoms in total. The number of nitrogens with one attached hydrogen (secondary N) is 1. The molecule has 0 bridgehead atoms. The lowest BCUT2D eigenvalue weighted by molar-refractivity contribution is -0.147. The van der Waals surface area contributed by atoms with Crippen LogP contribution in [0.5, 0.6) is 0 Å². The Morgan fingerprint density at radius 1 is 1.00 bits per heavy atom. The average Bonchev–Trinajstić information content (AvgIpc) is 3.06. The first-order valence-electron chi connectivity index (χ1n) is 11.0. The fourth-order valence-electron chi connectivity index (χ4n) is 4.07. The summed E-state index contributed by atoms with van der Waals surface area (Å²) in [7, 11) is 0. The first kappa shape index (κ1) is 22.6. The van der Waals surface area contributed by atoms with Crippen molar-refractivity contribution >= 4 is 17.7 Å². The maximum atomic E-state index is 12.2. The minimum absolute atomic E-state index is 0.452. The van der Waals surface area contributed by atoms with Crippen LogP contribution in [0.1, 0.15) is 51.3 Å². The van der Waals surface area contributed by atoms with Crippen LogP contribution >= 0.6 is 0 Å². The van der Waals surface area contributed by atoms with Gasteiger partial charge >= 0.3 is 12.1 Å². The van der Waals surface area contributed by atoms with E-state index in [1.807, 2.05) is 48.5 Å². The topological polar surface area (TPSA) is 102 Å². The van der Waals surface area contributed by atoms with E-state index in [0.29, 0.717) is 30.0 Å². The molecule has 1 aliphatic carbocycles. The molecule has 1 aromatic heterocycles. The number of ether oxygens (including phenoxy) is 1. The van der Waals surface area contributed by atoms with Crippen LogP contribution in [0.3, 0.4) is 0 Å². The summed E-state index contributed by atoms with van der Waals surface area (Å²) in [5.74, 6) is -0.294. The zero-order valence-electron chi connectivity index (χ0n) is 19.3. The lowest BCUT2D eigenvalue weighted by Gasteiger charge is -2.38. The van der Waals surface area contributed by atoms with Crippen molar-refractivity contribution in [1.29, 1.82) is 0 Å². The van der Waals surface area contributed by atoms with Crippen molar-refractivity contribution in [2.75, 3.05) is 5.32 Å². The van der Waals surface area contributed by atoms with Crippen molar-refractivity contribution < 1.29 is 24.0 Å². The Kier molecular flexibility index (Phi) is 5.74. The molecule has 3 aromatic rings. The molecule has 0 atom stereocenters. The number of aromatic nitrogens is 1. The van der Waals surface area contributed by atoms with Gasteiger partial charge in [0.15, 0.2) is 5.76 Å². The van der Waals surface area contributed by atoms with E-state index < -0.39 is 23.1 Å². The largest absolute Gasteiger partial charge is 0.481 e. The van der Waals surface area contributed by atoms with Crippen molar-refractivity contribution in [3.8, 4) is 22.5 Å². The molecule has 0 radical (unpaired) electrons. The minimum atomic E-state index is -0.746. The number of amides is 1. The predicted molar refractivity (Wildman–Crippen MR) is 125 cm³/mol. The summed E-state index contributed by atoms with van der Waals surface area (Å²) < 4.78 is 10.8. The van der Waals surface area contributed by atoms with Crippen molar-refractivity contribution in [3.63, 3.8) is 0 Å². The molecule has 0 unspecified atom stereocenters. The summed E-state index contributed by atoms with van der Waals surface area (Å²) in [5, 5.41) is 16.4. The second-order valence-corrected chi connectivity index (χ2v) is 9.49. The Morgan fingerprint density at radius 3 is 2.03 bits per heavy atom. The van der Waals surface area contributed by atoms with E-state index in [4.69, 9.17) is 9.26 Å². The van der Waals surface area contributed by atoms with Crippen molar-refractivity contribution in [2.45, 2.75) is 58.0 Å². The third-order valence-corrected chi connectivity index (χ3v) is 6.02. The number of benzene rings is 2. The van der Waals surface area contributed by atoms with E-state index in [1.54, 1.807) is 27.7 Å². The van der Waals surface area contributed by atoms with E-state index in [9.17, 15) is 14.7 Å². The fourth-order valence-corrected chi connectivity index (χ4v) is 4.07.